The predicted octanol–water partition coefficient (Wildman–Crippen LogP) is 5.93. The third kappa shape index (κ3) is 7.36. The lowest BCUT2D eigenvalue weighted by Crippen LogP contribution is -2.66. The van der Waals surface area contributed by atoms with E-state index in [0.717, 1.165) is 19.5 Å². The molecule has 2 aromatic carbocycles. The highest BCUT2D eigenvalue weighted by atomic mass is 33.1. The van der Waals surface area contributed by atoms with Gasteiger partial charge in [0.15, 0.2) is 4.34 Å². The molecule has 1 fully saturated rings. The Morgan fingerprint density at radius 3 is 2.46 bits per heavy atom. The van der Waals surface area contributed by atoms with Gasteiger partial charge in [0.1, 0.15) is 12.0 Å². The lowest BCUT2D eigenvalue weighted by molar-refractivity contribution is -0.384. The van der Waals surface area contributed by atoms with Gasteiger partial charge >= 0.3 is 11.9 Å². The molecule has 1 aliphatic heterocycles. The number of nitrogens with zero attached hydrogens (tertiary/aromatic N) is 3. The van der Waals surface area contributed by atoms with Gasteiger partial charge in [0.05, 0.1) is 21.1 Å². The molecule has 0 aliphatic carbocycles. The summed E-state index contributed by atoms with van der Waals surface area (Å²) in [5, 5.41) is 10.2. The van der Waals surface area contributed by atoms with Crippen molar-refractivity contribution in [3.8, 4) is 0 Å². The van der Waals surface area contributed by atoms with Crippen molar-refractivity contribution in [1.29, 1.82) is 0 Å². The van der Waals surface area contributed by atoms with Crippen LogP contribution in [0.2, 0.25) is 13.1 Å². The first kappa shape index (κ1) is 31.2. The third-order valence-corrected chi connectivity index (χ3v) is 11.4. The molecule has 0 N–H and O–H groups in total. The Morgan fingerprint density at radius 1 is 1.17 bits per heavy atom. The Bertz CT molecular complexity index is 1410. The lowest BCUT2D eigenvalue weighted by Gasteiger charge is -2.50. The fourth-order valence-corrected chi connectivity index (χ4v) is 8.90. The summed E-state index contributed by atoms with van der Waals surface area (Å²) in [7, 11) is 1.68. The number of para-hydroxylation sites is 1. The summed E-state index contributed by atoms with van der Waals surface area (Å²) in [6, 6.07) is 13.2. The highest BCUT2D eigenvalue weighted by Crippen LogP contribution is 2.51. The number of hydrogen-bond acceptors (Lipinski definition) is 11. The van der Waals surface area contributed by atoms with Crippen molar-refractivity contribution in [2.75, 3.05) is 6.61 Å². The van der Waals surface area contributed by atoms with Crippen molar-refractivity contribution < 1.29 is 28.5 Å². The van der Waals surface area contributed by atoms with Crippen LogP contribution in [0.3, 0.4) is 0 Å². The smallest absolute Gasteiger partial charge is 0.397 e. The van der Waals surface area contributed by atoms with Gasteiger partial charge in [0.25, 0.3) is 5.69 Å². The number of thiazole rings is 1. The monoisotopic (exact) mass is 632 g/mol. The average Bonchev–Trinajstić information content (AvgIpc) is 3.33. The van der Waals surface area contributed by atoms with Crippen LogP contribution in [0.1, 0.15) is 26.3 Å². The number of carbonyl (C=O) groups is 3. The highest BCUT2D eigenvalue weighted by Gasteiger charge is 2.58. The van der Waals surface area contributed by atoms with Crippen LogP contribution in [0.5, 0.6) is 0 Å². The quantitative estimate of drug-likeness (QED) is 0.0504. The lowest BCUT2D eigenvalue weighted by atomic mass is 9.70. The molecule has 2 heterocycles. The highest BCUT2D eigenvalue weighted by molar-refractivity contribution is 8.77. The average molecular weight is 633 g/mol. The van der Waals surface area contributed by atoms with Crippen molar-refractivity contribution in [2.24, 2.45) is 17.3 Å². The molecule has 0 unspecified atom stereocenters. The van der Waals surface area contributed by atoms with E-state index in [9.17, 15) is 24.5 Å². The fraction of sp³-hybridized carbons (Fsp3) is 0.407. The van der Waals surface area contributed by atoms with E-state index in [4.69, 9.17) is 9.16 Å². The molecular formula is C27H30N3O7S3Si. The van der Waals surface area contributed by atoms with E-state index in [0.29, 0.717) is 12.2 Å². The number of non-ortho nitro benzene ring substituents is 1. The molecule has 0 spiro atoms. The summed E-state index contributed by atoms with van der Waals surface area (Å²) in [5.74, 6) is -3.38. The molecule has 3 aromatic rings. The van der Waals surface area contributed by atoms with Crippen LogP contribution < -0.4 is 0 Å². The van der Waals surface area contributed by atoms with Crippen molar-refractivity contribution in [3.63, 3.8) is 0 Å². The topological polar surface area (TPSA) is 129 Å². The first-order valence-electron chi connectivity index (χ1n) is 12.8. The minimum absolute atomic E-state index is 0.101. The van der Waals surface area contributed by atoms with Crippen molar-refractivity contribution in [2.45, 2.75) is 50.2 Å². The summed E-state index contributed by atoms with van der Waals surface area (Å²) in [6.45, 7) is 10.3. The molecule has 1 aromatic heterocycles. The molecule has 1 aliphatic rings. The van der Waals surface area contributed by atoms with Gasteiger partial charge in [-0.2, -0.15) is 0 Å². The first-order valence-corrected chi connectivity index (χ1v) is 18.2. The van der Waals surface area contributed by atoms with Crippen LogP contribution in [-0.2, 0) is 30.2 Å². The Balaban J connectivity index is 1.52. The van der Waals surface area contributed by atoms with Crippen LogP contribution >= 0.6 is 32.9 Å². The van der Waals surface area contributed by atoms with Gasteiger partial charge in [-0.15, -0.1) is 11.3 Å². The van der Waals surface area contributed by atoms with Crippen LogP contribution in [0, 0.1) is 27.4 Å². The maximum absolute atomic E-state index is 13.5. The number of nitro benzene ring substituents is 1. The number of hydrogen-bond donors (Lipinski definition) is 0. The maximum atomic E-state index is 13.5. The predicted molar refractivity (Wildman–Crippen MR) is 161 cm³/mol. The van der Waals surface area contributed by atoms with Gasteiger partial charge < -0.3 is 9.16 Å². The number of benzene rings is 2. The zero-order valence-corrected chi connectivity index (χ0v) is 26.6. The van der Waals surface area contributed by atoms with E-state index in [1.807, 2.05) is 58.1 Å². The number of aromatic nitrogens is 1. The summed E-state index contributed by atoms with van der Waals surface area (Å²) >= 11 is 1.52. The first-order chi connectivity index (χ1) is 19.4. The molecular weight excluding hydrogens is 603 g/mol. The molecule has 3 atom stereocenters. The van der Waals surface area contributed by atoms with E-state index >= 15 is 0 Å². The number of imide groups is 1. The molecule has 1 radical (unpaired) electrons. The van der Waals surface area contributed by atoms with Crippen molar-refractivity contribution >= 4 is 75.7 Å². The standard InChI is InChI=1S/C27H30N3O7S3Si/c1-27(2,3)18(15-37-41(4)5)21-22(31)29(24(21)39-40-26-28-19-8-6-7-9-20(19)38-26)23(32)25(33)36-14-16-10-12-17(13-11-16)30(34)35/h6-13,18,21,24H,14-15H2,1-5H3/t18-,21+,24-/m1/s1. The number of carbonyl (C=O) groups excluding carboxylic acids is 3. The van der Waals surface area contributed by atoms with Crippen molar-refractivity contribution in [1.82, 2.24) is 9.88 Å². The van der Waals surface area contributed by atoms with Crippen molar-refractivity contribution in [3.05, 3.63) is 64.2 Å². The molecule has 217 valence electrons. The van der Waals surface area contributed by atoms with Gasteiger partial charge in [-0.1, -0.05) is 43.7 Å². The molecule has 2 amide bonds. The Hall–Kier alpha value is -2.78. The second-order valence-corrected chi connectivity index (χ2v) is 16.4. The summed E-state index contributed by atoms with van der Waals surface area (Å²) in [4.78, 5) is 55.5. The van der Waals surface area contributed by atoms with Crippen LogP contribution in [0.4, 0.5) is 5.69 Å². The second-order valence-electron chi connectivity index (χ2n) is 10.7. The summed E-state index contributed by atoms with van der Waals surface area (Å²) in [6.07, 6.45) is 0. The van der Waals surface area contributed by atoms with Gasteiger partial charge in [0.2, 0.25) is 14.9 Å². The number of amides is 2. The van der Waals surface area contributed by atoms with Crippen LogP contribution in [0.25, 0.3) is 10.2 Å². The van der Waals surface area contributed by atoms with E-state index in [2.05, 4.69) is 4.98 Å². The zero-order chi connectivity index (χ0) is 29.9. The Morgan fingerprint density at radius 2 is 1.85 bits per heavy atom. The third-order valence-electron chi connectivity index (χ3n) is 6.58. The van der Waals surface area contributed by atoms with Gasteiger partial charge in [-0.25, -0.2) is 9.78 Å². The van der Waals surface area contributed by atoms with E-state index < -0.39 is 43.0 Å². The number of esters is 1. The minimum Gasteiger partial charge on any atom is -0.454 e. The molecule has 14 heteroatoms. The van der Waals surface area contributed by atoms with Gasteiger partial charge in [0, 0.05) is 24.7 Å². The van der Waals surface area contributed by atoms with Gasteiger partial charge in [-0.05, 0) is 59.1 Å². The molecule has 41 heavy (non-hydrogen) atoms. The molecule has 4 rings (SSSR count). The zero-order valence-electron chi connectivity index (χ0n) is 23.2. The van der Waals surface area contributed by atoms with E-state index in [1.165, 1.54) is 57.2 Å². The number of fused-ring (bicyclic) bond motifs is 1. The molecule has 0 bridgehead atoms. The summed E-state index contributed by atoms with van der Waals surface area (Å²) in [5.41, 5.74) is 0.938. The number of ether oxygens (including phenoxy) is 1. The minimum atomic E-state index is -1.16. The van der Waals surface area contributed by atoms with E-state index in [1.54, 1.807) is 0 Å². The fourth-order valence-electron chi connectivity index (χ4n) is 4.32. The normalized spacial score (nSPS) is 17.9. The second kappa shape index (κ2) is 13.0. The number of nitro groups is 1. The maximum Gasteiger partial charge on any atom is 0.397 e. The number of likely N-dealkylation sites (tertiary alicyclic amines) is 1. The van der Waals surface area contributed by atoms with E-state index in [-0.39, 0.29) is 23.6 Å². The SMILES string of the molecule is C[Si](C)OC[C@H]([C@H]1C(=O)N(C(=O)C(=O)OCc2ccc([N+](=O)[O-])cc2)[C@@H]1SSc1nc2ccccc2s1)C(C)(C)C. The molecule has 1 saturated heterocycles. The molecule has 10 nitrogen and oxygen atoms in total. The number of rotatable bonds is 10. The Labute approximate surface area is 251 Å². The summed E-state index contributed by atoms with van der Waals surface area (Å²) < 4.78 is 13.0. The van der Waals surface area contributed by atoms with Crippen LogP contribution in [0.15, 0.2) is 52.9 Å². The largest absolute Gasteiger partial charge is 0.454 e. The molecule has 0 saturated carbocycles. The number of β-lactam (4-membered cyclic amide) rings is 1. The Kier molecular flexibility index (Phi) is 9.90. The van der Waals surface area contributed by atoms with Gasteiger partial charge in [-0.3, -0.25) is 24.6 Å². The van der Waals surface area contributed by atoms with Crippen LogP contribution in [-0.4, -0.2) is 53.6 Å².